The maximum Gasteiger partial charge on any atom is 0.339 e. The lowest BCUT2D eigenvalue weighted by atomic mass is 9.65. The number of esters is 1. The Labute approximate surface area is 243 Å². The minimum atomic E-state index is -3.84. The summed E-state index contributed by atoms with van der Waals surface area (Å²) in [6.07, 6.45) is 1.38. The Morgan fingerprint density at radius 2 is 1.68 bits per heavy atom. The van der Waals surface area contributed by atoms with Crippen LogP contribution in [0.2, 0.25) is 0 Å². The molecule has 7 nitrogen and oxygen atoms in total. The molecule has 3 atom stereocenters. The van der Waals surface area contributed by atoms with E-state index in [1.807, 2.05) is 38.1 Å². The van der Waals surface area contributed by atoms with Crippen LogP contribution in [0.4, 0.5) is 5.69 Å². The van der Waals surface area contributed by atoms with E-state index in [1.165, 1.54) is 18.2 Å². The highest BCUT2D eigenvalue weighted by Crippen LogP contribution is 2.53. The lowest BCUT2D eigenvalue weighted by molar-refractivity contribution is -0.125. The molecule has 8 heteroatoms. The molecule has 0 spiro atoms. The van der Waals surface area contributed by atoms with Gasteiger partial charge >= 0.3 is 5.97 Å². The van der Waals surface area contributed by atoms with Crippen molar-refractivity contribution in [3.05, 3.63) is 95.1 Å². The average molecular weight is 575 g/mol. The first-order valence-electron chi connectivity index (χ1n) is 14.0. The van der Waals surface area contributed by atoms with Gasteiger partial charge in [-0.1, -0.05) is 69.3 Å². The number of nitrogens with zero attached hydrogens (tertiary/aromatic N) is 1. The van der Waals surface area contributed by atoms with E-state index in [4.69, 9.17) is 4.74 Å². The van der Waals surface area contributed by atoms with Gasteiger partial charge in [0.15, 0.2) is 0 Å². The van der Waals surface area contributed by atoms with Crippen molar-refractivity contribution in [2.24, 2.45) is 10.8 Å². The highest BCUT2D eigenvalue weighted by Gasteiger charge is 2.53. The van der Waals surface area contributed by atoms with Crippen LogP contribution < -0.4 is 5.32 Å². The second kappa shape index (κ2) is 10.7. The van der Waals surface area contributed by atoms with E-state index in [2.05, 4.69) is 26.1 Å². The van der Waals surface area contributed by atoms with Gasteiger partial charge in [-0.25, -0.2) is 13.2 Å². The molecular weight excluding hydrogens is 536 g/mol. The molecule has 216 valence electrons. The Bertz CT molecular complexity index is 1580. The smallest absolute Gasteiger partial charge is 0.339 e. The molecule has 1 amide bonds. The van der Waals surface area contributed by atoms with Gasteiger partial charge in [0, 0.05) is 23.8 Å². The van der Waals surface area contributed by atoms with Crippen LogP contribution in [-0.2, 0) is 19.6 Å². The zero-order chi connectivity index (χ0) is 29.6. The Morgan fingerprint density at radius 1 is 0.951 bits per heavy atom. The van der Waals surface area contributed by atoms with Gasteiger partial charge < -0.3 is 10.1 Å². The summed E-state index contributed by atoms with van der Waals surface area (Å²) in [5, 5.41) is 2.89. The molecule has 1 heterocycles. The van der Waals surface area contributed by atoms with Crippen molar-refractivity contribution in [1.29, 1.82) is 0 Å². The van der Waals surface area contributed by atoms with Crippen LogP contribution in [0.1, 0.15) is 73.2 Å². The first-order chi connectivity index (χ1) is 19.3. The predicted molar refractivity (Wildman–Crippen MR) is 159 cm³/mol. The minimum Gasteiger partial charge on any atom is -0.444 e. The predicted octanol–water partition coefficient (Wildman–Crippen LogP) is 6.43. The van der Waals surface area contributed by atoms with Crippen molar-refractivity contribution in [2.75, 3.05) is 11.9 Å². The lowest BCUT2D eigenvalue weighted by Crippen LogP contribution is -2.37. The third-order valence-corrected chi connectivity index (χ3v) is 10.2. The number of aryl methyl sites for hydroxylation is 2. The van der Waals surface area contributed by atoms with Crippen LogP contribution in [0, 0.1) is 24.7 Å². The van der Waals surface area contributed by atoms with E-state index >= 15 is 0 Å². The Hall–Kier alpha value is -3.49. The first kappa shape index (κ1) is 29.0. The summed E-state index contributed by atoms with van der Waals surface area (Å²) in [7, 11) is -3.84. The van der Waals surface area contributed by atoms with Crippen molar-refractivity contribution in [2.45, 2.75) is 70.9 Å². The summed E-state index contributed by atoms with van der Waals surface area (Å²) in [6.45, 7) is 10.8. The molecule has 41 heavy (non-hydrogen) atoms. The fourth-order valence-electron chi connectivity index (χ4n) is 6.75. The van der Waals surface area contributed by atoms with Crippen molar-refractivity contribution >= 4 is 27.6 Å². The molecule has 1 aliphatic carbocycles. The summed E-state index contributed by atoms with van der Waals surface area (Å²) in [5.41, 5.74) is 3.07. The van der Waals surface area contributed by atoms with Gasteiger partial charge in [0.05, 0.1) is 10.5 Å². The maximum absolute atomic E-state index is 13.8. The standard InChI is InChI=1S/C33H38N2O5S/c1-22-14-15-23(2)28(16-22)34-30(36)29(24-10-7-6-8-11-24)40-31(37)25-12-9-13-27(17-25)41(38,39)35-21-33(5)19-26(35)18-32(3,4)20-33/h6-17,26,29H,18-21H2,1-5H3,(H,34,36)/t26-,29-,33-/m0/s1. The monoisotopic (exact) mass is 574 g/mol. The van der Waals surface area contributed by atoms with Gasteiger partial charge in [-0.3, -0.25) is 4.79 Å². The van der Waals surface area contributed by atoms with E-state index in [1.54, 1.807) is 34.6 Å². The molecule has 1 N–H and O–H groups in total. The third kappa shape index (κ3) is 6.09. The highest BCUT2D eigenvalue weighted by atomic mass is 32.2. The van der Waals surface area contributed by atoms with Gasteiger partial charge in [-0.15, -0.1) is 0 Å². The van der Waals surface area contributed by atoms with Crippen molar-refractivity contribution in [1.82, 2.24) is 4.31 Å². The molecule has 0 radical (unpaired) electrons. The number of anilines is 1. The van der Waals surface area contributed by atoms with E-state index in [-0.39, 0.29) is 27.3 Å². The van der Waals surface area contributed by atoms with Gasteiger partial charge in [-0.05, 0) is 79.3 Å². The van der Waals surface area contributed by atoms with E-state index in [9.17, 15) is 18.0 Å². The molecular formula is C33H38N2O5S. The second-order valence-electron chi connectivity index (χ2n) is 12.8. The summed E-state index contributed by atoms with van der Waals surface area (Å²) in [5.74, 6) is -1.28. The summed E-state index contributed by atoms with van der Waals surface area (Å²) in [6, 6.07) is 20.4. The maximum atomic E-state index is 13.8. The third-order valence-electron chi connectivity index (χ3n) is 8.26. The normalized spacial score (nSPS) is 22.6. The molecule has 1 saturated heterocycles. The van der Waals surface area contributed by atoms with Crippen LogP contribution in [0.25, 0.3) is 0 Å². The van der Waals surface area contributed by atoms with Gasteiger partial charge in [0.25, 0.3) is 5.91 Å². The molecule has 2 fully saturated rings. The molecule has 2 bridgehead atoms. The molecule has 1 aliphatic heterocycles. The zero-order valence-electron chi connectivity index (χ0n) is 24.3. The molecule has 3 aromatic carbocycles. The number of sulfonamides is 1. The van der Waals surface area contributed by atoms with Crippen LogP contribution in [-0.4, -0.2) is 37.2 Å². The Morgan fingerprint density at radius 3 is 2.41 bits per heavy atom. The number of hydrogen-bond donors (Lipinski definition) is 1. The number of ether oxygens (including phenoxy) is 1. The van der Waals surface area contributed by atoms with Crippen molar-refractivity contribution < 1.29 is 22.7 Å². The number of amides is 1. The lowest BCUT2D eigenvalue weighted by Gasteiger charge is -2.39. The topological polar surface area (TPSA) is 92.8 Å². The fraction of sp³-hybridized carbons (Fsp3) is 0.394. The second-order valence-corrected chi connectivity index (χ2v) is 14.7. The number of fused-ring (bicyclic) bond motifs is 2. The van der Waals surface area contributed by atoms with Gasteiger partial charge in [0.1, 0.15) is 0 Å². The van der Waals surface area contributed by atoms with Gasteiger partial charge in [-0.2, -0.15) is 4.31 Å². The van der Waals surface area contributed by atoms with Gasteiger partial charge in [0.2, 0.25) is 16.1 Å². The van der Waals surface area contributed by atoms with E-state index < -0.39 is 28.0 Å². The van der Waals surface area contributed by atoms with Crippen molar-refractivity contribution in [3.63, 3.8) is 0 Å². The average Bonchev–Trinajstić information content (AvgIpc) is 3.18. The highest BCUT2D eigenvalue weighted by molar-refractivity contribution is 7.89. The minimum absolute atomic E-state index is 0.0528. The molecule has 2 aliphatic rings. The Balaban J connectivity index is 1.40. The van der Waals surface area contributed by atoms with Crippen molar-refractivity contribution in [3.8, 4) is 0 Å². The number of carbonyl (C=O) groups is 2. The van der Waals surface area contributed by atoms with Crippen LogP contribution in [0.3, 0.4) is 0 Å². The molecule has 3 aromatic rings. The molecule has 0 aromatic heterocycles. The number of rotatable bonds is 7. The van der Waals surface area contributed by atoms with E-state index in [0.29, 0.717) is 17.8 Å². The Kier molecular flexibility index (Phi) is 7.59. The largest absolute Gasteiger partial charge is 0.444 e. The first-order valence-corrected chi connectivity index (χ1v) is 15.5. The quantitative estimate of drug-likeness (QED) is 0.328. The summed E-state index contributed by atoms with van der Waals surface area (Å²) >= 11 is 0. The summed E-state index contributed by atoms with van der Waals surface area (Å²) in [4.78, 5) is 26.9. The van der Waals surface area contributed by atoms with E-state index in [0.717, 1.165) is 30.4 Å². The number of carbonyl (C=O) groups excluding carboxylic acids is 2. The number of nitrogens with one attached hydrogen (secondary N) is 1. The molecule has 5 rings (SSSR count). The van der Waals surface area contributed by atoms with Crippen LogP contribution >= 0.6 is 0 Å². The SMILES string of the molecule is Cc1ccc(C)c(NC(=O)[C@@H](OC(=O)c2cccc(S(=O)(=O)N3C[C@@]4(C)C[C@@H]3CC(C)(C)C4)c2)c2ccccc2)c1. The zero-order valence-corrected chi connectivity index (χ0v) is 25.1. The van der Waals surface area contributed by atoms with Crippen LogP contribution in [0.15, 0.2) is 77.7 Å². The summed E-state index contributed by atoms with van der Waals surface area (Å²) < 4.78 is 35.1. The number of hydrogen-bond acceptors (Lipinski definition) is 5. The van der Waals surface area contributed by atoms with Crippen LogP contribution in [0.5, 0.6) is 0 Å². The number of benzene rings is 3. The molecule has 0 unspecified atom stereocenters. The molecule has 1 saturated carbocycles. The fourth-order valence-corrected chi connectivity index (χ4v) is 8.57.